The van der Waals surface area contributed by atoms with E-state index < -0.39 is 0 Å². The van der Waals surface area contributed by atoms with Crippen molar-refractivity contribution in [1.29, 1.82) is 0 Å². The molecule has 6 rings (SSSR count). The third-order valence-corrected chi connectivity index (χ3v) is 8.69. The van der Waals surface area contributed by atoms with Crippen LogP contribution in [-0.2, 0) is 17.8 Å². The van der Waals surface area contributed by atoms with Crippen LogP contribution in [0.3, 0.4) is 0 Å². The molecular formula is C30H28N4O3S2. The summed E-state index contributed by atoms with van der Waals surface area (Å²) in [6.45, 7) is 3.79. The Morgan fingerprint density at radius 1 is 1.08 bits per heavy atom. The van der Waals surface area contributed by atoms with Crippen molar-refractivity contribution in [3.8, 4) is 0 Å². The molecule has 3 aromatic heterocycles. The van der Waals surface area contributed by atoms with Gasteiger partial charge in [-0.2, -0.15) is 0 Å². The first-order valence-electron chi connectivity index (χ1n) is 13.1. The minimum Gasteiger partial charge on any atom is -0.467 e. The maximum Gasteiger partial charge on any atom is 0.267 e. The summed E-state index contributed by atoms with van der Waals surface area (Å²) >= 11 is 6.72. The Morgan fingerprint density at radius 3 is 2.62 bits per heavy atom. The highest BCUT2D eigenvalue weighted by atomic mass is 32.2. The molecule has 0 unspecified atom stereocenters. The van der Waals surface area contributed by atoms with Gasteiger partial charge in [-0.1, -0.05) is 60.4 Å². The largest absolute Gasteiger partial charge is 0.467 e. The van der Waals surface area contributed by atoms with E-state index in [0.717, 1.165) is 37.9 Å². The van der Waals surface area contributed by atoms with Crippen LogP contribution in [0.5, 0.6) is 0 Å². The van der Waals surface area contributed by atoms with Gasteiger partial charge in [-0.25, -0.2) is 4.98 Å². The lowest BCUT2D eigenvalue weighted by atomic mass is 9.90. The minimum atomic E-state index is -0.234. The van der Waals surface area contributed by atoms with Crippen LogP contribution in [0.1, 0.15) is 35.3 Å². The van der Waals surface area contributed by atoms with E-state index in [1.165, 1.54) is 22.2 Å². The minimum absolute atomic E-state index is 0.193. The zero-order valence-corrected chi connectivity index (χ0v) is 23.2. The fraction of sp³-hybridized carbons (Fsp3) is 0.267. The number of nitrogens with zero attached hydrogens (tertiary/aromatic N) is 4. The number of amides is 1. The fourth-order valence-corrected chi connectivity index (χ4v) is 6.47. The number of anilines is 1. The molecule has 2 fully saturated rings. The number of carbonyl (C=O) groups excluding carboxylic acids is 1. The van der Waals surface area contributed by atoms with Gasteiger partial charge in [-0.05, 0) is 67.5 Å². The molecule has 0 aliphatic carbocycles. The van der Waals surface area contributed by atoms with E-state index in [0.29, 0.717) is 37.9 Å². The number of rotatable bonds is 6. The quantitative estimate of drug-likeness (QED) is 0.231. The van der Waals surface area contributed by atoms with Crippen molar-refractivity contribution in [3.05, 3.63) is 105 Å². The molecule has 4 aromatic rings. The van der Waals surface area contributed by atoms with Crippen molar-refractivity contribution < 1.29 is 9.21 Å². The predicted octanol–water partition coefficient (Wildman–Crippen LogP) is 5.46. The summed E-state index contributed by atoms with van der Waals surface area (Å²) in [6.07, 6.45) is 8.11. The van der Waals surface area contributed by atoms with E-state index in [1.807, 2.05) is 31.2 Å². The van der Waals surface area contributed by atoms with Crippen LogP contribution < -0.4 is 10.5 Å². The summed E-state index contributed by atoms with van der Waals surface area (Å²) in [5, 5.41) is 0. The number of hydrogen-bond acceptors (Lipinski definition) is 7. The Balaban J connectivity index is 1.32. The van der Waals surface area contributed by atoms with Crippen molar-refractivity contribution in [2.45, 2.75) is 32.7 Å². The molecule has 0 N–H and O–H groups in total. The average Bonchev–Trinajstić information content (AvgIpc) is 3.55. The molecule has 1 amide bonds. The average molecular weight is 557 g/mol. The highest BCUT2D eigenvalue weighted by molar-refractivity contribution is 8.26. The summed E-state index contributed by atoms with van der Waals surface area (Å²) in [6, 6.07) is 18.0. The monoisotopic (exact) mass is 556 g/mol. The number of furan rings is 1. The van der Waals surface area contributed by atoms with Gasteiger partial charge in [0, 0.05) is 19.3 Å². The summed E-state index contributed by atoms with van der Waals surface area (Å²) in [5.74, 6) is 1.62. The number of carbonyl (C=O) groups is 1. The lowest BCUT2D eigenvalue weighted by Gasteiger charge is -2.33. The van der Waals surface area contributed by atoms with Crippen molar-refractivity contribution in [3.63, 3.8) is 0 Å². The molecule has 2 aliphatic rings. The zero-order chi connectivity index (χ0) is 26.9. The number of fused-ring (bicyclic) bond motifs is 1. The van der Waals surface area contributed by atoms with Crippen molar-refractivity contribution in [2.75, 3.05) is 18.0 Å². The van der Waals surface area contributed by atoms with E-state index in [9.17, 15) is 9.59 Å². The molecule has 39 heavy (non-hydrogen) atoms. The third kappa shape index (κ3) is 5.29. The first kappa shape index (κ1) is 25.6. The summed E-state index contributed by atoms with van der Waals surface area (Å²) in [4.78, 5) is 36.2. The Kier molecular flexibility index (Phi) is 7.10. The Bertz CT molecular complexity index is 1620. The van der Waals surface area contributed by atoms with Gasteiger partial charge in [0.2, 0.25) is 0 Å². The number of aromatic nitrogens is 2. The van der Waals surface area contributed by atoms with E-state index in [1.54, 1.807) is 29.0 Å². The summed E-state index contributed by atoms with van der Waals surface area (Å²) in [5.41, 5.74) is 3.12. The van der Waals surface area contributed by atoms with E-state index in [2.05, 4.69) is 29.2 Å². The van der Waals surface area contributed by atoms with Gasteiger partial charge in [0.1, 0.15) is 21.5 Å². The van der Waals surface area contributed by atoms with Crippen molar-refractivity contribution >= 4 is 51.7 Å². The van der Waals surface area contributed by atoms with Gasteiger partial charge in [0.05, 0.1) is 23.3 Å². The molecule has 198 valence electrons. The molecule has 0 saturated carbocycles. The van der Waals surface area contributed by atoms with Crippen LogP contribution >= 0.6 is 24.0 Å². The maximum absolute atomic E-state index is 13.8. The third-order valence-electron chi connectivity index (χ3n) is 7.31. The van der Waals surface area contributed by atoms with Crippen LogP contribution in [0.25, 0.3) is 11.7 Å². The van der Waals surface area contributed by atoms with Crippen molar-refractivity contribution in [1.82, 2.24) is 14.3 Å². The Labute approximate surface area is 236 Å². The SMILES string of the molecule is Cc1ccc2nc(N3CCC(Cc4ccccc4)CC3)c(/C=C3\SC(=S)N(Cc4ccco4)C3=O)c(=O)n2c1. The second kappa shape index (κ2) is 10.8. The predicted molar refractivity (Wildman–Crippen MR) is 159 cm³/mol. The zero-order valence-electron chi connectivity index (χ0n) is 21.6. The second-order valence-electron chi connectivity index (χ2n) is 10.1. The smallest absolute Gasteiger partial charge is 0.267 e. The highest BCUT2D eigenvalue weighted by Crippen LogP contribution is 2.35. The first-order chi connectivity index (χ1) is 19.0. The van der Waals surface area contributed by atoms with Crippen molar-refractivity contribution in [2.24, 2.45) is 5.92 Å². The van der Waals surface area contributed by atoms with Gasteiger partial charge in [-0.3, -0.25) is 18.9 Å². The molecule has 7 nitrogen and oxygen atoms in total. The Morgan fingerprint density at radius 2 is 1.87 bits per heavy atom. The van der Waals surface area contributed by atoms with Crippen LogP contribution in [0.2, 0.25) is 0 Å². The summed E-state index contributed by atoms with van der Waals surface area (Å²) in [7, 11) is 0. The maximum atomic E-state index is 13.8. The summed E-state index contributed by atoms with van der Waals surface area (Å²) < 4.78 is 7.42. The lowest BCUT2D eigenvalue weighted by molar-refractivity contribution is -0.122. The molecular weight excluding hydrogens is 528 g/mol. The van der Waals surface area contributed by atoms with Crippen LogP contribution in [0.15, 0.2) is 81.2 Å². The number of hydrogen-bond donors (Lipinski definition) is 0. The number of benzene rings is 1. The topological polar surface area (TPSA) is 71.1 Å². The molecule has 0 bridgehead atoms. The van der Waals surface area contributed by atoms with E-state index >= 15 is 0 Å². The number of piperidine rings is 1. The molecule has 0 atom stereocenters. The van der Waals surface area contributed by atoms with E-state index in [4.69, 9.17) is 21.6 Å². The molecule has 0 spiro atoms. The molecule has 1 aromatic carbocycles. The number of aryl methyl sites for hydroxylation is 1. The standard InChI is InChI=1S/C30H28N4O3S2/c1-20-9-10-26-31-27(32-13-11-22(12-14-32)16-21-6-3-2-4-7-21)24(28(35)33(26)18-20)17-25-29(36)34(30(38)39-25)19-23-8-5-15-37-23/h2-10,15,17-18,22H,11-14,16,19H2,1H3/b25-17-. The van der Waals surface area contributed by atoms with Gasteiger partial charge >= 0.3 is 0 Å². The molecule has 0 radical (unpaired) electrons. The van der Waals surface area contributed by atoms with Gasteiger partial charge in [-0.15, -0.1) is 0 Å². The lowest BCUT2D eigenvalue weighted by Crippen LogP contribution is -2.37. The van der Waals surface area contributed by atoms with Crippen LogP contribution in [0, 0.1) is 12.8 Å². The Hall–Kier alpha value is -3.69. The van der Waals surface area contributed by atoms with Crippen LogP contribution in [0.4, 0.5) is 5.82 Å². The van der Waals surface area contributed by atoms with Gasteiger partial charge < -0.3 is 9.32 Å². The normalized spacial score (nSPS) is 17.6. The van der Waals surface area contributed by atoms with Crippen LogP contribution in [-0.4, -0.2) is 37.6 Å². The molecule has 2 aliphatic heterocycles. The molecule has 2 saturated heterocycles. The number of pyridine rings is 1. The molecule has 9 heteroatoms. The second-order valence-corrected chi connectivity index (χ2v) is 11.7. The van der Waals surface area contributed by atoms with Gasteiger partial charge in [0.15, 0.2) is 0 Å². The highest BCUT2D eigenvalue weighted by Gasteiger charge is 2.34. The first-order valence-corrected chi connectivity index (χ1v) is 14.3. The molecule has 5 heterocycles. The van der Waals surface area contributed by atoms with E-state index in [-0.39, 0.29) is 18.0 Å². The van der Waals surface area contributed by atoms with Gasteiger partial charge in [0.25, 0.3) is 11.5 Å². The fourth-order valence-electron chi connectivity index (χ4n) is 5.24. The number of thiocarbonyl (C=S) groups is 1. The number of thioether (sulfide) groups is 1.